The third-order valence-corrected chi connectivity index (χ3v) is 5.18. The van der Waals surface area contributed by atoms with Gasteiger partial charge in [0.05, 0.1) is 25.5 Å². The molecular weight excluding hydrogens is 497 g/mol. The van der Waals surface area contributed by atoms with Crippen LogP contribution in [0.1, 0.15) is 16.5 Å². The predicted octanol–water partition coefficient (Wildman–Crippen LogP) is 4.17. The number of nitrogens with one attached hydrogen (secondary N) is 1. The lowest BCUT2D eigenvalue weighted by Gasteiger charge is -2.22. The van der Waals surface area contributed by atoms with E-state index < -0.39 is 0 Å². The summed E-state index contributed by atoms with van der Waals surface area (Å²) in [5, 5.41) is 6.10. The molecule has 27 heavy (non-hydrogen) atoms. The van der Waals surface area contributed by atoms with Crippen LogP contribution in [0.5, 0.6) is 0 Å². The minimum absolute atomic E-state index is 0. The fourth-order valence-corrected chi connectivity index (χ4v) is 3.25. The van der Waals surface area contributed by atoms with E-state index in [0.717, 1.165) is 30.5 Å². The Morgan fingerprint density at radius 1 is 1.41 bits per heavy atom. The van der Waals surface area contributed by atoms with Crippen molar-refractivity contribution in [1.82, 2.24) is 19.8 Å². The Bertz CT molecular complexity index is 832. The SMILES string of the molecule is CN(Cc1ncc(Cl)n1C)C(=NCc1cccs1)NCCc1ccco1.I. The lowest BCUT2D eigenvalue weighted by molar-refractivity contribution is 0.449. The average Bonchev–Trinajstić information content (AvgIpc) is 3.38. The highest BCUT2D eigenvalue weighted by Gasteiger charge is 2.12. The molecule has 0 aromatic carbocycles. The summed E-state index contributed by atoms with van der Waals surface area (Å²) >= 11 is 7.79. The van der Waals surface area contributed by atoms with E-state index in [2.05, 4.69) is 26.6 Å². The van der Waals surface area contributed by atoms with Gasteiger partial charge in [0.15, 0.2) is 5.96 Å². The molecule has 0 saturated carbocycles. The largest absolute Gasteiger partial charge is 0.469 e. The topological polar surface area (TPSA) is 58.6 Å². The third-order valence-electron chi connectivity index (χ3n) is 3.97. The molecule has 0 spiro atoms. The zero-order valence-corrected chi connectivity index (χ0v) is 19.2. The van der Waals surface area contributed by atoms with Crippen molar-refractivity contribution in [1.29, 1.82) is 0 Å². The van der Waals surface area contributed by atoms with E-state index in [1.165, 1.54) is 4.88 Å². The number of halogens is 2. The third kappa shape index (κ3) is 6.25. The number of rotatable bonds is 7. The van der Waals surface area contributed by atoms with Gasteiger partial charge in [0, 0.05) is 31.9 Å². The molecule has 0 bridgehead atoms. The number of guanidine groups is 1. The zero-order valence-electron chi connectivity index (χ0n) is 15.3. The second kappa shape index (κ2) is 10.7. The summed E-state index contributed by atoms with van der Waals surface area (Å²) in [6.45, 7) is 2.00. The summed E-state index contributed by atoms with van der Waals surface area (Å²) < 4.78 is 7.26. The van der Waals surface area contributed by atoms with Gasteiger partial charge in [-0.25, -0.2) is 9.98 Å². The molecule has 146 valence electrons. The number of imidazole rings is 1. The highest BCUT2D eigenvalue weighted by molar-refractivity contribution is 14.0. The van der Waals surface area contributed by atoms with Crippen molar-refractivity contribution in [2.75, 3.05) is 13.6 Å². The number of aromatic nitrogens is 2. The van der Waals surface area contributed by atoms with Crippen molar-refractivity contribution in [3.8, 4) is 0 Å². The summed E-state index contributed by atoms with van der Waals surface area (Å²) in [4.78, 5) is 12.4. The first-order chi connectivity index (χ1) is 12.6. The standard InChI is InChI=1S/C18H22ClN5OS.HI/c1-23(13-17-21-12-16(19)24(17)2)18(22-11-15-6-4-10-26-15)20-8-7-14-5-3-9-25-14;/h3-6,9-10,12H,7-8,11,13H2,1-2H3,(H,20,22);1H. The van der Waals surface area contributed by atoms with Crippen molar-refractivity contribution in [2.24, 2.45) is 12.0 Å². The predicted molar refractivity (Wildman–Crippen MR) is 121 cm³/mol. The first kappa shape index (κ1) is 21.8. The fraction of sp³-hybridized carbons (Fsp3) is 0.333. The molecule has 0 amide bonds. The molecule has 0 aliphatic carbocycles. The molecule has 0 fully saturated rings. The maximum Gasteiger partial charge on any atom is 0.194 e. The van der Waals surface area contributed by atoms with Crippen LogP contribution in [-0.2, 0) is 26.6 Å². The minimum Gasteiger partial charge on any atom is -0.469 e. The van der Waals surface area contributed by atoms with Crippen LogP contribution in [0, 0.1) is 0 Å². The van der Waals surface area contributed by atoms with E-state index in [1.54, 1.807) is 23.8 Å². The number of furan rings is 1. The van der Waals surface area contributed by atoms with Crippen LogP contribution >= 0.6 is 46.9 Å². The highest BCUT2D eigenvalue weighted by atomic mass is 127. The summed E-state index contributed by atoms with van der Waals surface area (Å²) in [5.74, 6) is 2.66. The fourth-order valence-electron chi connectivity index (χ4n) is 2.48. The summed E-state index contributed by atoms with van der Waals surface area (Å²) in [6.07, 6.45) is 4.16. The Labute approximate surface area is 185 Å². The van der Waals surface area contributed by atoms with Crippen molar-refractivity contribution in [2.45, 2.75) is 19.5 Å². The van der Waals surface area contributed by atoms with Crippen LogP contribution in [-0.4, -0.2) is 34.0 Å². The molecule has 0 aliphatic heterocycles. The molecule has 3 rings (SSSR count). The van der Waals surface area contributed by atoms with Gasteiger partial charge in [0.25, 0.3) is 0 Å². The van der Waals surface area contributed by atoms with Gasteiger partial charge in [-0.2, -0.15) is 0 Å². The van der Waals surface area contributed by atoms with Crippen LogP contribution < -0.4 is 5.32 Å². The summed E-state index contributed by atoms with van der Waals surface area (Å²) in [7, 11) is 3.90. The first-order valence-corrected chi connectivity index (χ1v) is 9.59. The molecule has 0 atom stereocenters. The van der Waals surface area contributed by atoms with Crippen molar-refractivity contribution in [3.63, 3.8) is 0 Å². The quantitative estimate of drug-likeness (QED) is 0.289. The molecule has 0 aliphatic rings. The van der Waals surface area contributed by atoms with E-state index in [9.17, 15) is 0 Å². The molecule has 1 N–H and O–H groups in total. The summed E-state index contributed by atoms with van der Waals surface area (Å²) in [5.41, 5.74) is 0. The van der Waals surface area contributed by atoms with Gasteiger partial charge >= 0.3 is 0 Å². The maximum atomic E-state index is 6.09. The molecule has 9 heteroatoms. The molecule has 0 unspecified atom stereocenters. The lowest BCUT2D eigenvalue weighted by Crippen LogP contribution is -2.40. The number of aliphatic imine (C=N–C) groups is 1. The number of nitrogens with zero attached hydrogens (tertiary/aromatic N) is 4. The second-order valence-corrected chi connectivity index (χ2v) is 7.31. The van der Waals surface area contributed by atoms with Crippen LogP contribution in [0.4, 0.5) is 0 Å². The smallest absolute Gasteiger partial charge is 0.194 e. The molecule has 3 heterocycles. The van der Waals surface area contributed by atoms with Gasteiger partial charge < -0.3 is 19.2 Å². The van der Waals surface area contributed by atoms with Crippen molar-refractivity contribution < 1.29 is 4.42 Å². The minimum atomic E-state index is 0. The Morgan fingerprint density at radius 3 is 2.89 bits per heavy atom. The lowest BCUT2D eigenvalue weighted by atomic mass is 10.3. The molecule has 3 aromatic heterocycles. The van der Waals surface area contributed by atoms with E-state index in [0.29, 0.717) is 18.2 Å². The number of hydrogen-bond acceptors (Lipinski definition) is 4. The van der Waals surface area contributed by atoms with E-state index in [4.69, 9.17) is 21.0 Å². The van der Waals surface area contributed by atoms with Gasteiger partial charge in [-0.05, 0) is 23.6 Å². The Hall–Kier alpha value is -1.52. The van der Waals surface area contributed by atoms with Gasteiger partial charge in [0.2, 0.25) is 0 Å². The Morgan fingerprint density at radius 2 is 2.26 bits per heavy atom. The second-order valence-electron chi connectivity index (χ2n) is 5.89. The van der Waals surface area contributed by atoms with E-state index >= 15 is 0 Å². The van der Waals surface area contributed by atoms with Crippen molar-refractivity contribution in [3.05, 3.63) is 63.7 Å². The van der Waals surface area contributed by atoms with E-state index in [1.807, 2.05) is 36.9 Å². The van der Waals surface area contributed by atoms with Crippen LogP contribution in [0.2, 0.25) is 5.15 Å². The van der Waals surface area contributed by atoms with Gasteiger partial charge in [-0.3, -0.25) is 0 Å². The Balaban J connectivity index is 0.00000261. The molecule has 0 saturated heterocycles. The van der Waals surface area contributed by atoms with Crippen LogP contribution in [0.25, 0.3) is 0 Å². The molecule has 3 aromatic rings. The highest BCUT2D eigenvalue weighted by Crippen LogP contribution is 2.12. The summed E-state index contributed by atoms with van der Waals surface area (Å²) in [6, 6.07) is 8.01. The zero-order chi connectivity index (χ0) is 18.4. The number of hydrogen-bond donors (Lipinski definition) is 1. The normalized spacial score (nSPS) is 11.3. The first-order valence-electron chi connectivity index (χ1n) is 8.34. The van der Waals surface area contributed by atoms with Gasteiger partial charge in [-0.15, -0.1) is 35.3 Å². The van der Waals surface area contributed by atoms with Gasteiger partial charge in [0.1, 0.15) is 16.7 Å². The maximum absolute atomic E-state index is 6.09. The van der Waals surface area contributed by atoms with Crippen LogP contribution in [0.15, 0.2) is 51.5 Å². The number of thiophene rings is 1. The molecular formula is C18H23ClIN5OS. The molecule has 6 nitrogen and oxygen atoms in total. The monoisotopic (exact) mass is 519 g/mol. The Kier molecular flexibility index (Phi) is 8.65. The van der Waals surface area contributed by atoms with Crippen molar-refractivity contribution >= 4 is 52.9 Å². The van der Waals surface area contributed by atoms with Gasteiger partial charge in [-0.1, -0.05) is 17.7 Å². The average molecular weight is 520 g/mol. The van der Waals surface area contributed by atoms with Crippen LogP contribution in [0.3, 0.4) is 0 Å². The molecule has 0 radical (unpaired) electrons. The van der Waals surface area contributed by atoms with E-state index in [-0.39, 0.29) is 24.0 Å².